The number of benzene rings is 1. The molecule has 0 unspecified atom stereocenters. The van der Waals surface area contributed by atoms with E-state index in [1.165, 1.54) is 25.2 Å². The van der Waals surface area contributed by atoms with Crippen LogP contribution in [0, 0.1) is 5.82 Å². The molecule has 0 bridgehead atoms. The monoisotopic (exact) mass is 261 g/mol. The molecule has 1 aromatic carbocycles. The molecule has 1 rings (SSSR count). The lowest BCUT2D eigenvalue weighted by molar-refractivity contribution is 0.248. The molecule has 14 heavy (non-hydrogen) atoms. The number of urea groups is 1. The third kappa shape index (κ3) is 2.21. The predicted molar refractivity (Wildman–Crippen MR) is 55.2 cm³/mol. The molecule has 0 spiro atoms. The number of halogens is 2. The molecule has 0 heterocycles. The number of carbonyl (C=O) groups is 1. The Labute approximate surface area is 89.0 Å². The number of hydrogen-bond acceptors (Lipinski definition) is 2. The van der Waals surface area contributed by atoms with Crippen molar-refractivity contribution in [2.24, 2.45) is 5.84 Å². The Morgan fingerprint density at radius 1 is 1.64 bits per heavy atom. The normalized spacial score (nSPS) is 9.71. The second kappa shape index (κ2) is 4.39. The number of anilines is 1. The molecule has 4 nitrogen and oxygen atoms in total. The van der Waals surface area contributed by atoms with Gasteiger partial charge in [-0.05, 0) is 34.1 Å². The van der Waals surface area contributed by atoms with Gasteiger partial charge in [0.15, 0.2) is 0 Å². The van der Waals surface area contributed by atoms with Crippen molar-refractivity contribution in [1.29, 1.82) is 0 Å². The number of carbonyl (C=O) groups excluding carboxylic acids is 1. The second-order valence-electron chi connectivity index (χ2n) is 2.52. The van der Waals surface area contributed by atoms with Gasteiger partial charge >= 0.3 is 6.03 Å². The summed E-state index contributed by atoms with van der Waals surface area (Å²) in [7, 11) is 1.46. The Balaban J connectivity index is 3.01. The smallest absolute Gasteiger partial charge is 0.336 e. The van der Waals surface area contributed by atoms with Crippen molar-refractivity contribution < 1.29 is 9.18 Å². The number of amides is 2. The van der Waals surface area contributed by atoms with Crippen LogP contribution in [0.1, 0.15) is 0 Å². The van der Waals surface area contributed by atoms with Gasteiger partial charge in [-0.3, -0.25) is 0 Å². The molecule has 0 aliphatic carbocycles. The first kappa shape index (κ1) is 10.9. The number of hydrogen-bond donors (Lipinski definition) is 2. The highest BCUT2D eigenvalue weighted by atomic mass is 79.9. The van der Waals surface area contributed by atoms with Crippen molar-refractivity contribution in [2.45, 2.75) is 0 Å². The minimum absolute atomic E-state index is 0.394. The van der Waals surface area contributed by atoms with Crippen LogP contribution in [0.5, 0.6) is 0 Å². The fourth-order valence-corrected chi connectivity index (χ4v) is 1.45. The highest BCUT2D eigenvalue weighted by molar-refractivity contribution is 9.10. The van der Waals surface area contributed by atoms with Crippen LogP contribution in [0.4, 0.5) is 14.9 Å². The number of rotatable bonds is 1. The molecular formula is C8H9BrFN3O. The summed E-state index contributed by atoms with van der Waals surface area (Å²) in [5.74, 6) is 5.07. The van der Waals surface area contributed by atoms with E-state index in [-0.39, 0.29) is 0 Å². The topological polar surface area (TPSA) is 58.4 Å². The van der Waals surface area contributed by atoms with Crippen molar-refractivity contribution in [1.82, 2.24) is 5.32 Å². The molecule has 0 atom stereocenters. The molecule has 0 aromatic heterocycles. The molecule has 6 heteroatoms. The largest absolute Gasteiger partial charge is 0.340 e. The van der Waals surface area contributed by atoms with Crippen molar-refractivity contribution in [3.05, 3.63) is 28.5 Å². The molecule has 3 N–H and O–H groups in total. The molecular weight excluding hydrogens is 253 g/mol. The number of nitrogens with one attached hydrogen (secondary N) is 1. The Morgan fingerprint density at radius 2 is 2.29 bits per heavy atom. The third-order valence-electron chi connectivity index (χ3n) is 1.60. The fraction of sp³-hybridized carbons (Fsp3) is 0.125. The first-order chi connectivity index (χ1) is 6.56. The zero-order valence-electron chi connectivity index (χ0n) is 7.42. The Hall–Kier alpha value is -1.14. The first-order valence-electron chi connectivity index (χ1n) is 3.78. The predicted octanol–water partition coefficient (Wildman–Crippen LogP) is 1.61. The molecule has 1 aromatic rings. The van der Waals surface area contributed by atoms with E-state index in [1.807, 2.05) is 0 Å². The SMILES string of the molecule is CNC(=O)N(N)c1ccc(F)cc1Br. The molecule has 0 aliphatic heterocycles. The maximum atomic E-state index is 12.7. The summed E-state index contributed by atoms with van der Waals surface area (Å²) in [5, 5.41) is 3.24. The molecule has 0 aliphatic rings. The van der Waals surface area contributed by atoms with E-state index in [4.69, 9.17) is 5.84 Å². The summed E-state index contributed by atoms with van der Waals surface area (Å²) in [6.07, 6.45) is 0. The van der Waals surface area contributed by atoms with Crippen LogP contribution < -0.4 is 16.2 Å². The van der Waals surface area contributed by atoms with E-state index in [1.54, 1.807) is 0 Å². The van der Waals surface area contributed by atoms with Gasteiger partial charge in [0.2, 0.25) is 0 Å². The van der Waals surface area contributed by atoms with Crippen molar-refractivity contribution in [2.75, 3.05) is 12.1 Å². The van der Waals surface area contributed by atoms with Crippen LogP contribution in [-0.2, 0) is 0 Å². The highest BCUT2D eigenvalue weighted by Crippen LogP contribution is 2.25. The number of hydrazine groups is 1. The van der Waals surface area contributed by atoms with Gasteiger partial charge in [0.05, 0.1) is 5.69 Å². The summed E-state index contributed by atoms with van der Waals surface area (Å²) in [6.45, 7) is 0. The van der Waals surface area contributed by atoms with Gasteiger partial charge in [-0.2, -0.15) is 0 Å². The maximum Gasteiger partial charge on any atom is 0.336 e. The van der Waals surface area contributed by atoms with E-state index in [2.05, 4.69) is 21.2 Å². The zero-order valence-corrected chi connectivity index (χ0v) is 9.01. The summed E-state index contributed by atoms with van der Waals surface area (Å²) in [4.78, 5) is 11.1. The van der Waals surface area contributed by atoms with Crippen LogP contribution in [0.2, 0.25) is 0 Å². The molecule has 0 saturated heterocycles. The van der Waals surface area contributed by atoms with Gasteiger partial charge in [0, 0.05) is 11.5 Å². The second-order valence-corrected chi connectivity index (χ2v) is 3.38. The molecule has 0 saturated carbocycles. The quantitative estimate of drug-likeness (QED) is 0.459. The highest BCUT2D eigenvalue weighted by Gasteiger charge is 2.12. The van der Waals surface area contributed by atoms with Crippen LogP contribution in [-0.4, -0.2) is 13.1 Å². The van der Waals surface area contributed by atoms with E-state index in [9.17, 15) is 9.18 Å². The van der Waals surface area contributed by atoms with Crippen LogP contribution in [0.3, 0.4) is 0 Å². The maximum absolute atomic E-state index is 12.7. The molecule has 2 amide bonds. The van der Waals surface area contributed by atoms with Gasteiger partial charge in [-0.1, -0.05) is 0 Å². The van der Waals surface area contributed by atoms with Gasteiger partial charge in [0.1, 0.15) is 5.82 Å². The van der Waals surface area contributed by atoms with Gasteiger partial charge in [-0.25, -0.2) is 20.0 Å². The van der Waals surface area contributed by atoms with E-state index in [0.29, 0.717) is 10.2 Å². The molecule has 76 valence electrons. The van der Waals surface area contributed by atoms with Crippen LogP contribution in [0.25, 0.3) is 0 Å². The lowest BCUT2D eigenvalue weighted by atomic mass is 10.3. The van der Waals surface area contributed by atoms with E-state index < -0.39 is 11.8 Å². The van der Waals surface area contributed by atoms with Crippen molar-refractivity contribution in [3.63, 3.8) is 0 Å². The Kier molecular flexibility index (Phi) is 3.43. The third-order valence-corrected chi connectivity index (χ3v) is 2.24. The summed E-state index contributed by atoms with van der Waals surface area (Å²) >= 11 is 3.10. The summed E-state index contributed by atoms with van der Waals surface area (Å²) < 4.78 is 13.1. The van der Waals surface area contributed by atoms with Crippen molar-refractivity contribution in [3.8, 4) is 0 Å². The lowest BCUT2D eigenvalue weighted by Gasteiger charge is -2.17. The minimum atomic E-state index is -0.475. The number of nitrogens with zero attached hydrogens (tertiary/aromatic N) is 1. The minimum Gasteiger partial charge on any atom is -0.340 e. The Bertz CT molecular complexity index is 358. The van der Waals surface area contributed by atoms with Crippen LogP contribution in [0.15, 0.2) is 22.7 Å². The lowest BCUT2D eigenvalue weighted by Crippen LogP contribution is -2.43. The standard InChI is InChI=1S/C8H9BrFN3O/c1-12-8(14)13(11)7-3-2-5(10)4-6(7)9/h2-4H,11H2,1H3,(H,12,14). The van der Waals surface area contributed by atoms with Gasteiger partial charge in [0.25, 0.3) is 0 Å². The van der Waals surface area contributed by atoms with Gasteiger partial charge < -0.3 is 5.32 Å². The fourth-order valence-electron chi connectivity index (χ4n) is 0.906. The van der Waals surface area contributed by atoms with E-state index >= 15 is 0 Å². The molecule has 0 radical (unpaired) electrons. The summed E-state index contributed by atoms with van der Waals surface area (Å²) in [5.41, 5.74) is 0.394. The number of nitrogens with two attached hydrogens (primary N) is 1. The summed E-state index contributed by atoms with van der Waals surface area (Å²) in [6, 6.07) is 3.40. The van der Waals surface area contributed by atoms with Crippen molar-refractivity contribution >= 4 is 27.6 Å². The Morgan fingerprint density at radius 3 is 2.79 bits per heavy atom. The average molecular weight is 262 g/mol. The van der Waals surface area contributed by atoms with Crippen LogP contribution >= 0.6 is 15.9 Å². The molecule has 0 fully saturated rings. The average Bonchev–Trinajstić information content (AvgIpc) is 2.15. The first-order valence-corrected chi connectivity index (χ1v) is 4.57. The van der Waals surface area contributed by atoms with Gasteiger partial charge in [-0.15, -0.1) is 0 Å². The van der Waals surface area contributed by atoms with E-state index in [0.717, 1.165) is 5.01 Å². The zero-order chi connectivity index (χ0) is 10.7.